The summed E-state index contributed by atoms with van der Waals surface area (Å²) in [6.07, 6.45) is 3.62. The molecule has 0 fully saturated rings. The van der Waals surface area contributed by atoms with Crippen LogP contribution in [0, 0.1) is 0 Å². The Morgan fingerprint density at radius 1 is 1.12 bits per heavy atom. The maximum atomic E-state index is 10.4. The summed E-state index contributed by atoms with van der Waals surface area (Å²) in [5.41, 5.74) is 2.67. The number of hydrogen-bond acceptors (Lipinski definition) is 3. The molecule has 0 aliphatic carbocycles. The van der Waals surface area contributed by atoms with E-state index >= 15 is 0 Å². The van der Waals surface area contributed by atoms with Gasteiger partial charge in [0.15, 0.2) is 0 Å². The first-order valence-corrected chi connectivity index (χ1v) is 6.39. The molecule has 0 unspecified atom stereocenters. The molecule has 0 heterocycles. The van der Waals surface area contributed by atoms with Gasteiger partial charge in [-0.2, -0.15) is 4.99 Å². The van der Waals surface area contributed by atoms with Crippen molar-refractivity contribution in [2.75, 3.05) is 6.26 Å². The molecular weight excluding hydrogens is 230 g/mol. The van der Waals surface area contributed by atoms with Gasteiger partial charge in [0, 0.05) is 10.5 Å². The summed E-state index contributed by atoms with van der Waals surface area (Å²) in [6.45, 7) is 0. The van der Waals surface area contributed by atoms with Gasteiger partial charge in [0.05, 0.1) is 5.69 Å². The molecule has 0 amide bonds. The second kappa shape index (κ2) is 5.48. The monoisotopic (exact) mass is 241 g/mol. The molecule has 0 radical (unpaired) electrons. The molecule has 2 rings (SSSR count). The van der Waals surface area contributed by atoms with Gasteiger partial charge < -0.3 is 0 Å². The molecule has 17 heavy (non-hydrogen) atoms. The van der Waals surface area contributed by atoms with E-state index in [2.05, 4.69) is 4.99 Å². The van der Waals surface area contributed by atoms with Crippen molar-refractivity contribution in [3.63, 3.8) is 0 Å². The predicted octanol–water partition coefficient (Wildman–Crippen LogP) is 4.04. The van der Waals surface area contributed by atoms with Crippen LogP contribution in [0.1, 0.15) is 0 Å². The summed E-state index contributed by atoms with van der Waals surface area (Å²) in [6, 6.07) is 15.7. The van der Waals surface area contributed by atoms with Crippen LogP contribution in [0.5, 0.6) is 0 Å². The molecule has 2 nitrogen and oxygen atoms in total. The molecule has 0 spiro atoms. The first kappa shape index (κ1) is 11.6. The number of isocyanates is 1. The van der Waals surface area contributed by atoms with E-state index in [1.165, 1.54) is 0 Å². The summed E-state index contributed by atoms with van der Waals surface area (Å²) in [7, 11) is 0. The topological polar surface area (TPSA) is 29.4 Å². The van der Waals surface area contributed by atoms with Crippen molar-refractivity contribution in [1.29, 1.82) is 0 Å². The summed E-state index contributed by atoms with van der Waals surface area (Å²) >= 11 is 1.66. The minimum Gasteiger partial charge on any atom is -0.211 e. The predicted molar refractivity (Wildman–Crippen MR) is 71.4 cm³/mol. The highest BCUT2D eigenvalue weighted by Gasteiger charge is 2.05. The van der Waals surface area contributed by atoms with Crippen LogP contribution in [0.4, 0.5) is 5.69 Å². The van der Waals surface area contributed by atoms with E-state index in [1.807, 2.05) is 54.8 Å². The van der Waals surface area contributed by atoms with Crippen molar-refractivity contribution in [2.24, 2.45) is 4.99 Å². The molecule has 84 valence electrons. The van der Waals surface area contributed by atoms with Crippen molar-refractivity contribution in [1.82, 2.24) is 0 Å². The molecule has 0 atom stereocenters. The Bertz CT molecular complexity index is 560. The maximum absolute atomic E-state index is 10.4. The molecule has 0 aliphatic heterocycles. The third kappa shape index (κ3) is 2.64. The maximum Gasteiger partial charge on any atom is 0.240 e. The fraction of sp³-hybridized carbons (Fsp3) is 0.0714. The molecule has 0 aliphatic rings. The van der Waals surface area contributed by atoms with E-state index in [-0.39, 0.29) is 0 Å². The van der Waals surface area contributed by atoms with E-state index < -0.39 is 0 Å². The van der Waals surface area contributed by atoms with Crippen LogP contribution in [0.25, 0.3) is 11.1 Å². The fourth-order valence-corrected chi connectivity index (χ4v) is 2.08. The van der Waals surface area contributed by atoms with Crippen LogP contribution in [0.3, 0.4) is 0 Å². The average Bonchev–Trinajstić information content (AvgIpc) is 2.40. The Balaban J connectivity index is 2.60. The molecular formula is C14H11NOS. The minimum absolute atomic E-state index is 0.656. The average molecular weight is 241 g/mol. The molecule has 3 heteroatoms. The van der Waals surface area contributed by atoms with Gasteiger partial charge in [-0.15, -0.1) is 11.8 Å². The van der Waals surface area contributed by atoms with Crippen LogP contribution < -0.4 is 0 Å². The Kier molecular flexibility index (Phi) is 3.76. The van der Waals surface area contributed by atoms with Gasteiger partial charge >= 0.3 is 0 Å². The largest absolute Gasteiger partial charge is 0.240 e. The van der Waals surface area contributed by atoms with Gasteiger partial charge in [0.2, 0.25) is 6.08 Å². The Morgan fingerprint density at radius 3 is 2.53 bits per heavy atom. The lowest BCUT2D eigenvalue weighted by atomic mass is 10.0. The standard InChI is InChI=1S/C14H11NOS/c1-17-12-7-8-14(15-10-16)13(9-12)11-5-3-2-4-6-11/h2-9H,1H3. The molecule has 2 aromatic rings. The number of nitrogens with zero attached hydrogens (tertiary/aromatic N) is 1. The zero-order chi connectivity index (χ0) is 12.1. The fourth-order valence-electron chi connectivity index (χ4n) is 1.64. The van der Waals surface area contributed by atoms with Crippen molar-refractivity contribution in [3.05, 3.63) is 48.5 Å². The Hall–Kier alpha value is -1.83. The van der Waals surface area contributed by atoms with Gasteiger partial charge in [-0.1, -0.05) is 30.3 Å². The number of benzene rings is 2. The van der Waals surface area contributed by atoms with E-state index in [4.69, 9.17) is 0 Å². The summed E-state index contributed by atoms with van der Waals surface area (Å²) in [5, 5.41) is 0. The highest BCUT2D eigenvalue weighted by Crippen LogP contribution is 2.33. The van der Waals surface area contributed by atoms with Gasteiger partial charge in [-0.05, 0) is 30.0 Å². The highest BCUT2D eigenvalue weighted by atomic mass is 32.2. The molecule has 0 aromatic heterocycles. The third-order valence-electron chi connectivity index (χ3n) is 2.45. The second-order valence-corrected chi connectivity index (χ2v) is 4.33. The lowest BCUT2D eigenvalue weighted by Crippen LogP contribution is -1.80. The minimum atomic E-state index is 0.656. The third-order valence-corrected chi connectivity index (χ3v) is 3.18. The summed E-state index contributed by atoms with van der Waals surface area (Å²) < 4.78 is 0. The van der Waals surface area contributed by atoms with Crippen LogP contribution in [0.15, 0.2) is 58.4 Å². The zero-order valence-electron chi connectivity index (χ0n) is 9.38. The lowest BCUT2D eigenvalue weighted by molar-refractivity contribution is 0.565. The Morgan fingerprint density at radius 2 is 1.88 bits per heavy atom. The molecule has 0 N–H and O–H groups in total. The van der Waals surface area contributed by atoms with Crippen LogP contribution in [-0.4, -0.2) is 12.3 Å². The van der Waals surface area contributed by atoms with E-state index in [0.717, 1.165) is 16.0 Å². The van der Waals surface area contributed by atoms with Gasteiger partial charge in [0.1, 0.15) is 0 Å². The number of hydrogen-bond donors (Lipinski definition) is 0. The first-order valence-electron chi connectivity index (χ1n) is 5.16. The van der Waals surface area contributed by atoms with Gasteiger partial charge in [-0.25, -0.2) is 4.79 Å². The van der Waals surface area contributed by atoms with Gasteiger partial charge in [0.25, 0.3) is 0 Å². The summed E-state index contributed by atoms with van der Waals surface area (Å²) in [4.78, 5) is 15.3. The SMILES string of the molecule is CSc1ccc(N=C=O)c(-c2ccccc2)c1. The van der Waals surface area contributed by atoms with Crippen LogP contribution in [-0.2, 0) is 4.79 Å². The molecule has 0 bridgehead atoms. The molecule has 0 saturated heterocycles. The van der Waals surface area contributed by atoms with E-state index in [9.17, 15) is 4.79 Å². The smallest absolute Gasteiger partial charge is 0.211 e. The quantitative estimate of drug-likeness (QED) is 0.461. The Labute approximate surface area is 104 Å². The highest BCUT2D eigenvalue weighted by molar-refractivity contribution is 7.98. The number of aliphatic imine (C=N–C) groups is 1. The molecule has 0 saturated carbocycles. The normalized spacial score (nSPS) is 9.71. The number of thioether (sulfide) groups is 1. The van der Waals surface area contributed by atoms with Crippen molar-refractivity contribution < 1.29 is 4.79 Å². The van der Waals surface area contributed by atoms with Crippen LogP contribution in [0.2, 0.25) is 0 Å². The van der Waals surface area contributed by atoms with Crippen molar-refractivity contribution in [2.45, 2.75) is 4.90 Å². The second-order valence-electron chi connectivity index (χ2n) is 3.45. The van der Waals surface area contributed by atoms with Crippen molar-refractivity contribution in [3.8, 4) is 11.1 Å². The van der Waals surface area contributed by atoms with Crippen molar-refractivity contribution >= 4 is 23.5 Å². The first-order chi connectivity index (χ1) is 8.35. The van der Waals surface area contributed by atoms with E-state index in [0.29, 0.717) is 5.69 Å². The summed E-state index contributed by atoms with van der Waals surface area (Å²) in [5.74, 6) is 0. The zero-order valence-corrected chi connectivity index (χ0v) is 10.2. The van der Waals surface area contributed by atoms with Crippen LogP contribution >= 0.6 is 11.8 Å². The van der Waals surface area contributed by atoms with Gasteiger partial charge in [-0.3, -0.25) is 0 Å². The van der Waals surface area contributed by atoms with E-state index in [1.54, 1.807) is 17.8 Å². The number of carbonyl (C=O) groups excluding carboxylic acids is 1. The lowest BCUT2D eigenvalue weighted by Gasteiger charge is -2.06. The molecule has 2 aromatic carbocycles. The number of rotatable bonds is 3.